The number of hydrogen-bond donors (Lipinski definition) is 0. The Kier molecular flexibility index (Phi) is 38.8. The smallest absolute Gasteiger partial charge is 0.306 e. The molecular formula is C46H92NO8P. The van der Waals surface area contributed by atoms with Crippen LogP contribution in [0.2, 0.25) is 0 Å². The van der Waals surface area contributed by atoms with Crippen molar-refractivity contribution in [1.29, 1.82) is 0 Å². The quantitative estimate of drug-likeness (QED) is 0.0259. The number of nitrogens with zero attached hydrogens (tertiary/aromatic N) is 1. The first-order valence-electron chi connectivity index (χ1n) is 23.7. The molecule has 0 aromatic heterocycles. The van der Waals surface area contributed by atoms with Crippen molar-refractivity contribution in [3.05, 3.63) is 0 Å². The molecule has 0 radical (unpaired) electrons. The fraction of sp³-hybridized carbons (Fsp3) is 0.957. The van der Waals surface area contributed by atoms with Gasteiger partial charge in [0.2, 0.25) is 0 Å². The number of esters is 2. The number of carbonyl (C=O) groups excluding carboxylic acids is 2. The van der Waals surface area contributed by atoms with Crippen molar-refractivity contribution in [2.75, 3.05) is 47.5 Å². The lowest BCUT2D eigenvalue weighted by molar-refractivity contribution is -0.870. The zero-order valence-electron chi connectivity index (χ0n) is 37.6. The molecule has 56 heavy (non-hydrogen) atoms. The van der Waals surface area contributed by atoms with Crippen LogP contribution in [0.25, 0.3) is 0 Å². The van der Waals surface area contributed by atoms with E-state index in [4.69, 9.17) is 18.5 Å². The van der Waals surface area contributed by atoms with Gasteiger partial charge in [-0.05, 0) is 12.8 Å². The summed E-state index contributed by atoms with van der Waals surface area (Å²) in [5, 5.41) is 0. The van der Waals surface area contributed by atoms with Gasteiger partial charge in [0.25, 0.3) is 7.82 Å². The molecule has 10 heteroatoms. The molecule has 0 aliphatic rings. The van der Waals surface area contributed by atoms with Gasteiger partial charge in [-0.25, -0.2) is 0 Å². The predicted octanol–water partition coefficient (Wildman–Crippen LogP) is 13.0. The average Bonchev–Trinajstić information content (AvgIpc) is 3.15. The predicted molar refractivity (Wildman–Crippen MR) is 232 cm³/mol. The molecule has 0 rings (SSSR count). The number of likely N-dealkylation sites (N-methyl/N-ethyl adjacent to an activating group) is 1. The van der Waals surface area contributed by atoms with Gasteiger partial charge in [0.1, 0.15) is 19.8 Å². The van der Waals surface area contributed by atoms with Crippen molar-refractivity contribution in [3.63, 3.8) is 0 Å². The third-order valence-corrected chi connectivity index (χ3v) is 11.6. The van der Waals surface area contributed by atoms with Gasteiger partial charge in [0.15, 0.2) is 6.10 Å². The second kappa shape index (κ2) is 39.5. The molecule has 0 aromatic rings. The fourth-order valence-corrected chi connectivity index (χ4v) is 7.62. The molecule has 0 saturated heterocycles. The average molecular weight is 818 g/mol. The molecule has 0 amide bonds. The minimum atomic E-state index is -4.61. The van der Waals surface area contributed by atoms with E-state index in [-0.39, 0.29) is 32.0 Å². The van der Waals surface area contributed by atoms with E-state index in [0.717, 1.165) is 38.5 Å². The summed E-state index contributed by atoms with van der Waals surface area (Å²) in [4.78, 5) is 37.4. The summed E-state index contributed by atoms with van der Waals surface area (Å²) >= 11 is 0. The summed E-state index contributed by atoms with van der Waals surface area (Å²) in [5.41, 5.74) is 0. The van der Waals surface area contributed by atoms with Gasteiger partial charge in [-0.15, -0.1) is 0 Å². The summed E-state index contributed by atoms with van der Waals surface area (Å²) in [5.74, 6) is -0.822. The van der Waals surface area contributed by atoms with Gasteiger partial charge >= 0.3 is 11.9 Å². The first-order chi connectivity index (χ1) is 27.0. The standard InChI is InChI=1S/C46H92NO8P/c1-6-8-10-12-14-16-17-18-19-20-21-22-23-24-25-26-27-28-29-31-32-34-36-38-45(48)52-42-44(43-54-56(50,51)53-41-40-47(3,4)5)55-46(49)39-37-35-33-30-15-13-11-9-7-2/h44H,6-43H2,1-5H3/t44-/m0/s1. The summed E-state index contributed by atoms with van der Waals surface area (Å²) < 4.78 is 33.9. The Labute approximate surface area is 346 Å². The summed E-state index contributed by atoms with van der Waals surface area (Å²) in [6.45, 7) is 4.24. The van der Waals surface area contributed by atoms with Crippen molar-refractivity contribution in [2.45, 2.75) is 238 Å². The van der Waals surface area contributed by atoms with E-state index in [2.05, 4.69) is 13.8 Å². The third kappa shape index (κ3) is 42.6. The number of quaternary nitrogens is 1. The molecule has 334 valence electrons. The Bertz CT molecular complexity index is 927. The van der Waals surface area contributed by atoms with E-state index in [1.165, 1.54) is 161 Å². The highest BCUT2D eigenvalue weighted by Crippen LogP contribution is 2.38. The number of ether oxygens (including phenoxy) is 2. The second-order valence-electron chi connectivity index (χ2n) is 17.5. The number of carbonyl (C=O) groups is 2. The Morgan fingerprint density at radius 2 is 0.804 bits per heavy atom. The molecule has 0 bridgehead atoms. The molecular weight excluding hydrogens is 725 g/mol. The van der Waals surface area contributed by atoms with Crippen LogP contribution in [0.5, 0.6) is 0 Å². The van der Waals surface area contributed by atoms with Crippen LogP contribution < -0.4 is 4.89 Å². The van der Waals surface area contributed by atoms with E-state index in [1.807, 2.05) is 21.1 Å². The van der Waals surface area contributed by atoms with Crippen molar-refractivity contribution in [1.82, 2.24) is 0 Å². The molecule has 0 fully saturated rings. The molecule has 0 saturated carbocycles. The van der Waals surface area contributed by atoms with Crippen LogP contribution in [0, 0.1) is 0 Å². The monoisotopic (exact) mass is 818 g/mol. The Morgan fingerprint density at radius 1 is 0.482 bits per heavy atom. The SMILES string of the molecule is CCCCCCCCCCCCCCCCCCCCCCCCCC(=O)OC[C@@H](COP(=O)([O-])OCC[N+](C)(C)C)OC(=O)CCCCCCCCCCC. The number of rotatable bonds is 44. The molecule has 2 atom stereocenters. The maximum atomic E-state index is 12.6. The van der Waals surface area contributed by atoms with Crippen LogP contribution in [-0.4, -0.2) is 70.0 Å². The van der Waals surface area contributed by atoms with Crippen molar-refractivity contribution in [2.24, 2.45) is 0 Å². The highest BCUT2D eigenvalue weighted by atomic mass is 31.2. The van der Waals surface area contributed by atoms with E-state index >= 15 is 0 Å². The molecule has 0 aliphatic carbocycles. The Hall–Kier alpha value is -0.990. The lowest BCUT2D eigenvalue weighted by Crippen LogP contribution is -2.37. The normalized spacial score (nSPS) is 13.5. The maximum absolute atomic E-state index is 12.6. The van der Waals surface area contributed by atoms with Crippen LogP contribution in [0.4, 0.5) is 0 Å². The Balaban J connectivity index is 4.08. The van der Waals surface area contributed by atoms with Gasteiger partial charge in [0, 0.05) is 12.8 Å². The zero-order valence-corrected chi connectivity index (χ0v) is 38.5. The lowest BCUT2D eigenvalue weighted by atomic mass is 10.0. The molecule has 0 aromatic carbocycles. The highest BCUT2D eigenvalue weighted by molar-refractivity contribution is 7.45. The molecule has 0 spiro atoms. The van der Waals surface area contributed by atoms with Crippen molar-refractivity contribution in [3.8, 4) is 0 Å². The van der Waals surface area contributed by atoms with Crippen molar-refractivity contribution >= 4 is 19.8 Å². The first kappa shape index (κ1) is 55.0. The van der Waals surface area contributed by atoms with Crippen LogP contribution in [0.1, 0.15) is 232 Å². The van der Waals surface area contributed by atoms with Gasteiger partial charge in [0.05, 0.1) is 27.7 Å². The summed E-state index contributed by atoms with van der Waals surface area (Å²) in [6.07, 6.45) is 40.1. The van der Waals surface area contributed by atoms with Gasteiger partial charge in [-0.2, -0.15) is 0 Å². The lowest BCUT2D eigenvalue weighted by Gasteiger charge is -2.28. The number of hydrogen-bond acceptors (Lipinski definition) is 8. The second-order valence-corrected chi connectivity index (χ2v) is 18.9. The van der Waals surface area contributed by atoms with E-state index in [1.54, 1.807) is 0 Å². The first-order valence-corrected chi connectivity index (χ1v) is 25.2. The van der Waals surface area contributed by atoms with Crippen LogP contribution in [-0.2, 0) is 32.7 Å². The third-order valence-electron chi connectivity index (χ3n) is 10.6. The van der Waals surface area contributed by atoms with Crippen LogP contribution >= 0.6 is 7.82 Å². The van der Waals surface area contributed by atoms with E-state index < -0.39 is 26.5 Å². The largest absolute Gasteiger partial charge is 0.756 e. The molecule has 9 nitrogen and oxygen atoms in total. The minimum absolute atomic E-state index is 0.0259. The summed E-state index contributed by atoms with van der Waals surface area (Å²) in [6, 6.07) is 0. The number of phosphoric ester groups is 1. The molecule has 0 aliphatic heterocycles. The summed E-state index contributed by atoms with van der Waals surface area (Å²) in [7, 11) is 1.18. The number of phosphoric acid groups is 1. The minimum Gasteiger partial charge on any atom is -0.756 e. The van der Waals surface area contributed by atoms with Crippen LogP contribution in [0.15, 0.2) is 0 Å². The van der Waals surface area contributed by atoms with E-state index in [0.29, 0.717) is 17.4 Å². The van der Waals surface area contributed by atoms with Crippen LogP contribution in [0.3, 0.4) is 0 Å². The maximum Gasteiger partial charge on any atom is 0.306 e. The van der Waals surface area contributed by atoms with Gasteiger partial charge in [-0.3, -0.25) is 14.2 Å². The van der Waals surface area contributed by atoms with E-state index in [9.17, 15) is 19.0 Å². The fourth-order valence-electron chi connectivity index (χ4n) is 6.89. The van der Waals surface area contributed by atoms with Gasteiger partial charge < -0.3 is 27.9 Å². The highest BCUT2D eigenvalue weighted by Gasteiger charge is 2.21. The molecule has 0 heterocycles. The van der Waals surface area contributed by atoms with Crippen molar-refractivity contribution < 1.29 is 42.1 Å². The zero-order chi connectivity index (χ0) is 41.4. The van der Waals surface area contributed by atoms with Gasteiger partial charge in [-0.1, -0.05) is 206 Å². The molecule has 0 N–H and O–H groups in total. The topological polar surface area (TPSA) is 111 Å². The Morgan fingerprint density at radius 3 is 1.14 bits per heavy atom. The number of unbranched alkanes of at least 4 members (excludes halogenated alkanes) is 30. The molecule has 1 unspecified atom stereocenters.